The topological polar surface area (TPSA) is 49.3 Å². The lowest BCUT2D eigenvalue weighted by Crippen LogP contribution is -2.41. The summed E-state index contributed by atoms with van der Waals surface area (Å²) in [6.45, 7) is 1.71. The van der Waals surface area contributed by atoms with Gasteiger partial charge in [0.25, 0.3) is 0 Å². The van der Waals surface area contributed by atoms with E-state index in [4.69, 9.17) is 5.11 Å². The van der Waals surface area contributed by atoms with Crippen molar-refractivity contribution >= 4 is 17.7 Å². The lowest BCUT2D eigenvalue weighted by Gasteiger charge is -2.18. The van der Waals surface area contributed by atoms with Gasteiger partial charge in [0.15, 0.2) is 0 Å². The summed E-state index contributed by atoms with van der Waals surface area (Å²) in [5, 5.41) is 11.9. The first-order valence-corrected chi connectivity index (χ1v) is 5.92. The van der Waals surface area contributed by atoms with E-state index in [9.17, 15) is 4.79 Å². The molecule has 2 N–H and O–H groups in total. The van der Waals surface area contributed by atoms with Gasteiger partial charge in [-0.3, -0.25) is 4.79 Å². The summed E-state index contributed by atoms with van der Waals surface area (Å²) in [7, 11) is 0. The molecule has 1 aliphatic heterocycles. The zero-order valence-electron chi connectivity index (χ0n) is 7.95. The van der Waals surface area contributed by atoms with Crippen molar-refractivity contribution in [3.8, 4) is 0 Å². The van der Waals surface area contributed by atoms with Crippen LogP contribution in [-0.2, 0) is 4.79 Å². The smallest absolute Gasteiger partial charge is 0.320 e. The number of thioether (sulfide) groups is 1. The minimum atomic E-state index is -0.753. The van der Waals surface area contributed by atoms with Gasteiger partial charge < -0.3 is 10.4 Å². The van der Waals surface area contributed by atoms with Crippen molar-refractivity contribution in [1.29, 1.82) is 0 Å². The Kier molecular flexibility index (Phi) is 4.59. The van der Waals surface area contributed by atoms with Crippen molar-refractivity contribution in [2.75, 3.05) is 11.5 Å². The third-order valence-corrected chi connectivity index (χ3v) is 3.41. The Bertz CT molecular complexity index is 167. The predicted molar refractivity (Wildman–Crippen MR) is 55.2 cm³/mol. The van der Waals surface area contributed by atoms with E-state index in [1.165, 1.54) is 12.2 Å². The third kappa shape index (κ3) is 4.00. The molecule has 2 atom stereocenters. The minimum absolute atomic E-state index is 0.404. The molecule has 0 aromatic rings. The van der Waals surface area contributed by atoms with Gasteiger partial charge in [-0.2, -0.15) is 11.8 Å². The molecule has 0 aromatic carbocycles. The number of nitrogens with one attached hydrogen (secondary N) is 1. The molecule has 1 rings (SSSR count). The van der Waals surface area contributed by atoms with E-state index < -0.39 is 12.0 Å². The van der Waals surface area contributed by atoms with Crippen molar-refractivity contribution in [3.05, 3.63) is 0 Å². The van der Waals surface area contributed by atoms with E-state index in [1.54, 1.807) is 6.92 Å². The maximum atomic E-state index is 10.6. The van der Waals surface area contributed by atoms with Gasteiger partial charge in [0.2, 0.25) is 0 Å². The summed E-state index contributed by atoms with van der Waals surface area (Å²) in [4.78, 5) is 10.6. The van der Waals surface area contributed by atoms with E-state index in [0.29, 0.717) is 6.04 Å². The van der Waals surface area contributed by atoms with Crippen LogP contribution in [0.1, 0.15) is 26.2 Å². The fourth-order valence-corrected chi connectivity index (χ4v) is 2.52. The zero-order valence-corrected chi connectivity index (χ0v) is 8.77. The second-order valence-electron chi connectivity index (χ2n) is 3.47. The molecule has 3 nitrogen and oxygen atoms in total. The third-order valence-electron chi connectivity index (χ3n) is 2.31. The summed E-state index contributed by atoms with van der Waals surface area (Å²) < 4.78 is 0. The molecule has 0 bridgehead atoms. The van der Waals surface area contributed by atoms with Crippen molar-refractivity contribution in [2.24, 2.45) is 0 Å². The molecular formula is C9H17NO2S. The molecule has 76 valence electrons. The van der Waals surface area contributed by atoms with Crippen LogP contribution in [0.4, 0.5) is 0 Å². The van der Waals surface area contributed by atoms with Crippen molar-refractivity contribution in [1.82, 2.24) is 5.32 Å². The molecule has 1 heterocycles. The molecule has 2 unspecified atom stereocenters. The van der Waals surface area contributed by atoms with Gasteiger partial charge in [-0.1, -0.05) is 0 Å². The number of aliphatic carboxylic acids is 1. The maximum absolute atomic E-state index is 10.6. The van der Waals surface area contributed by atoms with E-state index >= 15 is 0 Å². The summed E-state index contributed by atoms with van der Waals surface area (Å²) in [6.07, 6.45) is 3.42. The maximum Gasteiger partial charge on any atom is 0.320 e. The van der Waals surface area contributed by atoms with Crippen LogP contribution in [0.5, 0.6) is 0 Å². The molecule has 0 saturated carbocycles. The first kappa shape index (κ1) is 10.9. The fourth-order valence-electron chi connectivity index (χ4n) is 1.50. The average Bonchev–Trinajstić information content (AvgIpc) is 2.32. The molecule has 0 aromatic heterocycles. The number of hydrogen-bond donors (Lipinski definition) is 2. The van der Waals surface area contributed by atoms with E-state index in [1.807, 2.05) is 11.8 Å². The van der Waals surface area contributed by atoms with Crippen LogP contribution in [0.15, 0.2) is 0 Å². The Morgan fingerprint density at radius 2 is 2.31 bits per heavy atom. The van der Waals surface area contributed by atoms with E-state index in [0.717, 1.165) is 18.6 Å². The first-order chi connectivity index (χ1) is 6.20. The number of carboxylic acid groups (broad SMARTS) is 1. The second kappa shape index (κ2) is 5.50. The Morgan fingerprint density at radius 1 is 1.54 bits per heavy atom. The summed E-state index contributed by atoms with van der Waals surface area (Å²) in [6, 6.07) is -0.00537. The molecule has 1 aliphatic rings. The van der Waals surface area contributed by atoms with Crippen LogP contribution in [-0.4, -0.2) is 34.7 Å². The molecule has 13 heavy (non-hydrogen) atoms. The monoisotopic (exact) mass is 203 g/mol. The molecular weight excluding hydrogens is 186 g/mol. The molecule has 1 saturated heterocycles. The van der Waals surface area contributed by atoms with Gasteiger partial charge in [0.1, 0.15) is 6.04 Å². The van der Waals surface area contributed by atoms with Crippen LogP contribution in [0.3, 0.4) is 0 Å². The molecule has 0 amide bonds. The Morgan fingerprint density at radius 3 is 3.00 bits per heavy atom. The molecule has 0 radical (unpaired) electrons. The van der Waals surface area contributed by atoms with Crippen molar-refractivity contribution in [3.63, 3.8) is 0 Å². The average molecular weight is 203 g/mol. The largest absolute Gasteiger partial charge is 0.480 e. The lowest BCUT2D eigenvalue weighted by atomic mass is 10.1. The Hall–Kier alpha value is -0.220. The number of carboxylic acids is 1. The van der Waals surface area contributed by atoms with Crippen LogP contribution in [0.2, 0.25) is 0 Å². The Balaban J connectivity index is 2.29. The summed E-state index contributed by atoms with van der Waals surface area (Å²) >= 11 is 1.97. The van der Waals surface area contributed by atoms with Crippen LogP contribution >= 0.6 is 11.8 Å². The first-order valence-electron chi connectivity index (χ1n) is 4.76. The number of rotatable bonds is 3. The lowest BCUT2D eigenvalue weighted by molar-refractivity contribution is -0.139. The van der Waals surface area contributed by atoms with E-state index in [2.05, 4.69) is 5.32 Å². The molecule has 4 heteroatoms. The standard InChI is InChI=1S/C9H17NO2S/c1-7(9(11)12)10-8-3-2-5-13-6-4-8/h7-8,10H,2-6H2,1H3,(H,11,12). The predicted octanol–water partition coefficient (Wildman–Crippen LogP) is 1.33. The second-order valence-corrected chi connectivity index (χ2v) is 4.69. The minimum Gasteiger partial charge on any atom is -0.480 e. The summed E-state index contributed by atoms with van der Waals surface area (Å²) in [5.74, 6) is 1.63. The highest BCUT2D eigenvalue weighted by Gasteiger charge is 2.17. The van der Waals surface area contributed by atoms with Gasteiger partial charge in [-0.25, -0.2) is 0 Å². The highest BCUT2D eigenvalue weighted by Crippen LogP contribution is 2.17. The van der Waals surface area contributed by atoms with Crippen LogP contribution in [0.25, 0.3) is 0 Å². The normalized spacial score (nSPS) is 26.4. The highest BCUT2D eigenvalue weighted by atomic mass is 32.2. The number of hydrogen-bond acceptors (Lipinski definition) is 3. The van der Waals surface area contributed by atoms with Gasteiger partial charge in [-0.15, -0.1) is 0 Å². The molecule has 0 aliphatic carbocycles. The zero-order chi connectivity index (χ0) is 9.68. The highest BCUT2D eigenvalue weighted by molar-refractivity contribution is 7.99. The van der Waals surface area contributed by atoms with Crippen molar-refractivity contribution in [2.45, 2.75) is 38.3 Å². The molecule has 0 spiro atoms. The summed E-state index contributed by atoms with van der Waals surface area (Å²) in [5.41, 5.74) is 0. The van der Waals surface area contributed by atoms with Crippen molar-refractivity contribution < 1.29 is 9.90 Å². The van der Waals surface area contributed by atoms with Gasteiger partial charge in [0, 0.05) is 6.04 Å². The van der Waals surface area contributed by atoms with Crippen LogP contribution < -0.4 is 5.32 Å². The Labute approximate surface area is 83.3 Å². The quantitative estimate of drug-likeness (QED) is 0.726. The van der Waals surface area contributed by atoms with Gasteiger partial charge in [-0.05, 0) is 37.7 Å². The number of carbonyl (C=O) groups is 1. The van der Waals surface area contributed by atoms with E-state index in [-0.39, 0.29) is 0 Å². The fraction of sp³-hybridized carbons (Fsp3) is 0.889. The van der Waals surface area contributed by atoms with Gasteiger partial charge in [0.05, 0.1) is 0 Å². The SMILES string of the molecule is CC(NC1CCCSCC1)C(=O)O. The molecule has 1 fully saturated rings. The van der Waals surface area contributed by atoms with Crippen LogP contribution in [0, 0.1) is 0 Å². The van der Waals surface area contributed by atoms with Gasteiger partial charge >= 0.3 is 5.97 Å².